The van der Waals surface area contributed by atoms with E-state index in [1.54, 1.807) is 0 Å². The summed E-state index contributed by atoms with van der Waals surface area (Å²) in [5.41, 5.74) is 4.49. The van der Waals surface area contributed by atoms with Gasteiger partial charge >= 0.3 is 5.97 Å². The van der Waals surface area contributed by atoms with Gasteiger partial charge in [-0.1, -0.05) is 30.3 Å². The summed E-state index contributed by atoms with van der Waals surface area (Å²) in [7, 11) is 0. The first-order valence-corrected chi connectivity index (χ1v) is 14.8. The highest BCUT2D eigenvalue weighted by Gasteiger charge is 2.52. The smallest absolute Gasteiger partial charge is 0.341 e. The van der Waals surface area contributed by atoms with Gasteiger partial charge < -0.3 is 19.2 Å². The van der Waals surface area contributed by atoms with E-state index >= 15 is 0 Å². The molecule has 0 saturated carbocycles. The third-order valence-electron chi connectivity index (χ3n) is 9.47. The van der Waals surface area contributed by atoms with Crippen LogP contribution in [0.5, 0.6) is 5.75 Å². The summed E-state index contributed by atoms with van der Waals surface area (Å²) in [5.74, 6) is 1.12. The molecule has 3 atom stereocenters. The molecule has 3 fully saturated rings. The van der Waals surface area contributed by atoms with Crippen LogP contribution in [0, 0.1) is 12.8 Å². The van der Waals surface area contributed by atoms with E-state index in [4.69, 9.17) is 14.2 Å². The molecule has 7 rings (SSSR count). The Labute approximate surface area is 230 Å². The number of carbonyl (C=O) groups excluding carboxylic acids is 1. The van der Waals surface area contributed by atoms with Gasteiger partial charge in [0, 0.05) is 67.2 Å². The molecule has 4 aliphatic heterocycles. The van der Waals surface area contributed by atoms with Gasteiger partial charge in [-0.15, -0.1) is 0 Å². The minimum Gasteiger partial charge on any atom is -0.472 e. The van der Waals surface area contributed by atoms with Crippen LogP contribution in [0.25, 0.3) is 10.9 Å². The predicted molar refractivity (Wildman–Crippen MR) is 150 cm³/mol. The summed E-state index contributed by atoms with van der Waals surface area (Å²) in [6.45, 7) is 8.00. The van der Waals surface area contributed by atoms with E-state index < -0.39 is 0 Å². The summed E-state index contributed by atoms with van der Waals surface area (Å²) in [6, 6.07) is 14.3. The Bertz CT molecular complexity index is 1350. The highest BCUT2D eigenvalue weighted by molar-refractivity contribution is 6.07. The largest absolute Gasteiger partial charge is 0.472 e. The molecule has 5 heterocycles. The van der Waals surface area contributed by atoms with E-state index in [-0.39, 0.29) is 17.8 Å². The second-order valence-electron chi connectivity index (χ2n) is 11.7. The molecule has 1 N–H and O–H groups in total. The number of rotatable bonds is 5. The maximum Gasteiger partial charge on any atom is 0.341 e. The lowest BCUT2D eigenvalue weighted by Gasteiger charge is -2.56. The summed E-state index contributed by atoms with van der Waals surface area (Å²) in [4.78, 5) is 22.4. The number of nitrogens with one attached hydrogen (secondary N) is 1. The van der Waals surface area contributed by atoms with Gasteiger partial charge in [-0.2, -0.15) is 0 Å². The Hall–Kier alpha value is -2.87. The average molecular weight is 530 g/mol. The molecule has 3 unspecified atom stereocenters. The monoisotopic (exact) mass is 529 g/mol. The van der Waals surface area contributed by atoms with E-state index in [1.165, 1.54) is 25.7 Å². The number of hydrogen-bond acceptors (Lipinski definition) is 6. The quantitative estimate of drug-likeness (QED) is 0.457. The van der Waals surface area contributed by atoms with Crippen LogP contribution in [0.2, 0.25) is 0 Å². The number of aromatic amines is 1. The van der Waals surface area contributed by atoms with Crippen LogP contribution in [0.4, 0.5) is 0 Å². The number of morpholine rings is 1. The van der Waals surface area contributed by atoms with Crippen molar-refractivity contribution in [2.45, 2.75) is 57.3 Å². The van der Waals surface area contributed by atoms with Crippen LogP contribution < -0.4 is 4.74 Å². The third-order valence-corrected chi connectivity index (χ3v) is 9.47. The molecule has 2 aromatic carbocycles. The molecule has 206 valence electrons. The van der Waals surface area contributed by atoms with E-state index in [1.807, 2.05) is 25.1 Å². The molecule has 0 aliphatic carbocycles. The Balaban J connectivity index is 1.23. The minimum absolute atomic E-state index is 0.181. The number of aryl methyl sites for hydroxylation is 1. The standard InChI is InChI=1S/C32H39N3O4/c1-22-29(31(36)38-28(23-8-3-2-4-9-23)21-34-16-18-37-19-17-34)30-25-20-24-10-7-15-35-14-6-5-13-32(24,35)39-27(25)12-11-26(30)33-22/h2-4,8-9,11-12,24,28,33H,5-7,10,13-21H2,1H3. The zero-order chi connectivity index (χ0) is 26.4. The van der Waals surface area contributed by atoms with E-state index in [0.717, 1.165) is 72.5 Å². The zero-order valence-electron chi connectivity index (χ0n) is 22.9. The lowest BCUT2D eigenvalue weighted by Crippen LogP contribution is -2.64. The van der Waals surface area contributed by atoms with Crippen molar-refractivity contribution in [3.63, 3.8) is 0 Å². The van der Waals surface area contributed by atoms with Gasteiger partial charge in [0.2, 0.25) is 0 Å². The Morgan fingerprint density at radius 2 is 1.90 bits per heavy atom. The van der Waals surface area contributed by atoms with Gasteiger partial charge in [-0.3, -0.25) is 9.80 Å². The first-order valence-electron chi connectivity index (χ1n) is 14.8. The topological polar surface area (TPSA) is 67.0 Å². The van der Waals surface area contributed by atoms with Crippen LogP contribution in [-0.2, 0) is 15.9 Å². The molecule has 4 aliphatic rings. The predicted octanol–water partition coefficient (Wildman–Crippen LogP) is 5.23. The van der Waals surface area contributed by atoms with Crippen LogP contribution >= 0.6 is 0 Å². The van der Waals surface area contributed by atoms with Crippen molar-refractivity contribution in [2.24, 2.45) is 5.92 Å². The first kappa shape index (κ1) is 25.1. The summed E-state index contributed by atoms with van der Waals surface area (Å²) in [6.07, 6.45) is 6.54. The molecule has 1 aromatic heterocycles. The Kier molecular flexibility index (Phi) is 6.61. The third kappa shape index (κ3) is 4.45. The van der Waals surface area contributed by atoms with Crippen LogP contribution in [0.3, 0.4) is 0 Å². The maximum absolute atomic E-state index is 14.0. The zero-order valence-corrected chi connectivity index (χ0v) is 22.9. The molecule has 7 nitrogen and oxygen atoms in total. The number of esters is 1. The number of hydrogen-bond donors (Lipinski definition) is 1. The number of carbonyl (C=O) groups is 1. The summed E-state index contributed by atoms with van der Waals surface area (Å²) < 4.78 is 18.9. The first-order chi connectivity index (χ1) is 19.1. The summed E-state index contributed by atoms with van der Waals surface area (Å²) >= 11 is 0. The van der Waals surface area contributed by atoms with Crippen molar-refractivity contribution in [1.29, 1.82) is 0 Å². The number of piperidine rings is 2. The van der Waals surface area contributed by atoms with Crippen molar-refractivity contribution >= 4 is 16.9 Å². The van der Waals surface area contributed by atoms with Crippen LogP contribution in [0.1, 0.15) is 65.4 Å². The van der Waals surface area contributed by atoms with Crippen molar-refractivity contribution in [3.8, 4) is 5.75 Å². The fourth-order valence-electron chi connectivity index (χ4n) is 7.55. The molecule has 1 spiro atoms. The fraction of sp³-hybridized carbons (Fsp3) is 0.531. The minimum atomic E-state index is -0.352. The number of aromatic nitrogens is 1. The lowest BCUT2D eigenvalue weighted by molar-refractivity contribution is -0.177. The van der Waals surface area contributed by atoms with E-state index in [9.17, 15) is 4.79 Å². The van der Waals surface area contributed by atoms with Gasteiger partial charge in [0.05, 0.1) is 18.8 Å². The van der Waals surface area contributed by atoms with Crippen LogP contribution in [-0.4, -0.2) is 72.4 Å². The molecular weight excluding hydrogens is 490 g/mol. The molecule has 0 radical (unpaired) electrons. The van der Waals surface area contributed by atoms with Gasteiger partial charge in [0.15, 0.2) is 5.72 Å². The SMILES string of the molecule is Cc1[nH]c2ccc3c(c2c1C(=O)OC(CN1CCOCC1)c1ccccc1)CC1CCCN2CCCCC12O3. The Morgan fingerprint density at radius 3 is 2.74 bits per heavy atom. The molecule has 3 aromatic rings. The van der Waals surface area contributed by atoms with Crippen molar-refractivity contribution < 1.29 is 19.0 Å². The Morgan fingerprint density at radius 1 is 1.08 bits per heavy atom. The molecule has 0 bridgehead atoms. The molecular formula is C32H39N3O4. The van der Waals surface area contributed by atoms with Crippen LogP contribution in [0.15, 0.2) is 42.5 Å². The number of benzene rings is 2. The van der Waals surface area contributed by atoms with Crippen molar-refractivity contribution in [3.05, 3.63) is 64.8 Å². The summed E-state index contributed by atoms with van der Waals surface area (Å²) in [5, 5.41) is 0.982. The second-order valence-corrected chi connectivity index (χ2v) is 11.7. The number of nitrogens with zero attached hydrogens (tertiary/aromatic N) is 2. The van der Waals surface area contributed by atoms with E-state index in [2.05, 4.69) is 39.0 Å². The lowest BCUT2D eigenvalue weighted by atomic mass is 9.74. The van der Waals surface area contributed by atoms with E-state index in [0.29, 0.717) is 31.2 Å². The molecule has 7 heteroatoms. The van der Waals surface area contributed by atoms with Gasteiger partial charge in [0.25, 0.3) is 0 Å². The van der Waals surface area contributed by atoms with Gasteiger partial charge in [-0.05, 0) is 56.7 Å². The number of ether oxygens (including phenoxy) is 3. The molecule has 39 heavy (non-hydrogen) atoms. The highest BCUT2D eigenvalue weighted by Crippen LogP contribution is 2.50. The fourth-order valence-corrected chi connectivity index (χ4v) is 7.55. The highest BCUT2D eigenvalue weighted by atomic mass is 16.5. The number of fused-ring (bicyclic) bond motifs is 3. The van der Waals surface area contributed by atoms with Gasteiger partial charge in [-0.25, -0.2) is 4.79 Å². The van der Waals surface area contributed by atoms with Gasteiger partial charge in [0.1, 0.15) is 11.9 Å². The molecule has 3 saturated heterocycles. The normalized spacial score (nSPS) is 26.2. The molecule has 0 amide bonds. The average Bonchev–Trinajstić information content (AvgIpc) is 3.32. The van der Waals surface area contributed by atoms with Crippen molar-refractivity contribution in [1.82, 2.24) is 14.8 Å². The maximum atomic E-state index is 14.0. The van der Waals surface area contributed by atoms with Crippen molar-refractivity contribution in [2.75, 3.05) is 45.9 Å². The number of H-pyrrole nitrogens is 1. The second kappa shape index (κ2) is 10.3.